The number of aromatic hydroxyl groups is 1. The van der Waals surface area contributed by atoms with Crippen molar-refractivity contribution in [2.24, 2.45) is 0 Å². The maximum Gasteiger partial charge on any atom is 0.224 e. The number of carbonyl (C=O) groups excluding carboxylic acids is 1. The molecule has 1 aliphatic heterocycles. The monoisotopic (exact) mass is 575 g/mol. The number of carbonyl (C=O) groups is 1. The number of halogens is 1. The van der Waals surface area contributed by atoms with E-state index in [0.29, 0.717) is 33.7 Å². The van der Waals surface area contributed by atoms with Crippen molar-refractivity contribution in [2.75, 3.05) is 17.3 Å². The highest BCUT2D eigenvalue weighted by molar-refractivity contribution is 7.80. The molecule has 3 N–H and O–H groups in total. The molecule has 5 rings (SSSR count). The van der Waals surface area contributed by atoms with Gasteiger partial charge in [-0.05, 0) is 80.2 Å². The van der Waals surface area contributed by atoms with Crippen LogP contribution in [0.15, 0.2) is 66.9 Å². The summed E-state index contributed by atoms with van der Waals surface area (Å²) in [5.41, 5.74) is 5.68. The summed E-state index contributed by atoms with van der Waals surface area (Å²) >= 11 is 12.2. The first-order valence-corrected chi connectivity index (χ1v) is 13.7. The van der Waals surface area contributed by atoms with Crippen molar-refractivity contribution in [3.8, 4) is 17.2 Å². The Bertz CT molecular complexity index is 1590. The van der Waals surface area contributed by atoms with Crippen molar-refractivity contribution in [3.63, 3.8) is 0 Å². The number of nitrogens with one attached hydrogen (secondary N) is 2. The second-order valence-electron chi connectivity index (χ2n) is 9.58. The second kappa shape index (κ2) is 11.2. The summed E-state index contributed by atoms with van der Waals surface area (Å²) in [6.45, 7) is 5.81. The third-order valence-corrected chi connectivity index (χ3v) is 7.67. The van der Waals surface area contributed by atoms with E-state index >= 15 is 0 Å². The van der Waals surface area contributed by atoms with Crippen molar-refractivity contribution in [3.05, 3.63) is 94.5 Å². The lowest BCUT2D eigenvalue weighted by Gasteiger charge is -2.29. The number of aromatic nitrogens is 2. The first-order valence-electron chi connectivity index (χ1n) is 12.9. The molecule has 0 spiro atoms. The number of aryl methyl sites for hydroxylation is 1. The number of ether oxygens (including phenoxy) is 1. The minimum absolute atomic E-state index is 0.103. The molecular weight excluding hydrogens is 546 g/mol. The van der Waals surface area contributed by atoms with Crippen LogP contribution in [0.2, 0.25) is 5.02 Å². The number of nitrogens with zero attached hydrogens (tertiary/aromatic N) is 3. The number of hydrogen-bond acceptors (Lipinski definition) is 5. The van der Waals surface area contributed by atoms with Crippen molar-refractivity contribution in [1.82, 2.24) is 14.9 Å². The van der Waals surface area contributed by atoms with Crippen LogP contribution in [0, 0.1) is 13.8 Å². The van der Waals surface area contributed by atoms with Gasteiger partial charge in [0.25, 0.3) is 0 Å². The van der Waals surface area contributed by atoms with E-state index < -0.39 is 0 Å². The highest BCUT2D eigenvalue weighted by Crippen LogP contribution is 2.45. The molecule has 0 saturated carbocycles. The second-order valence-corrected chi connectivity index (χ2v) is 10.4. The summed E-state index contributed by atoms with van der Waals surface area (Å²) < 4.78 is 7.64. The number of hydrogen-bond donors (Lipinski definition) is 3. The number of phenolic OH excluding ortho intramolecular Hbond substituents is 1. The summed E-state index contributed by atoms with van der Waals surface area (Å²) in [5, 5.41) is 18.1. The third-order valence-electron chi connectivity index (χ3n) is 7.12. The molecule has 10 heteroatoms. The highest BCUT2D eigenvalue weighted by atomic mass is 35.5. The molecule has 2 atom stereocenters. The molecule has 40 heavy (non-hydrogen) atoms. The number of phenols is 1. The van der Waals surface area contributed by atoms with Crippen LogP contribution >= 0.6 is 23.8 Å². The summed E-state index contributed by atoms with van der Waals surface area (Å²) in [6.07, 6.45) is 2.12. The van der Waals surface area contributed by atoms with Gasteiger partial charge in [0.05, 0.1) is 36.3 Å². The number of rotatable bonds is 7. The smallest absolute Gasteiger partial charge is 0.224 e. The van der Waals surface area contributed by atoms with Crippen molar-refractivity contribution in [1.29, 1.82) is 0 Å². The van der Waals surface area contributed by atoms with Crippen LogP contribution in [0.3, 0.4) is 0 Å². The fourth-order valence-corrected chi connectivity index (χ4v) is 5.77. The van der Waals surface area contributed by atoms with Crippen molar-refractivity contribution in [2.45, 2.75) is 39.3 Å². The maximum absolute atomic E-state index is 12.1. The Morgan fingerprint density at radius 1 is 1.18 bits per heavy atom. The molecule has 206 valence electrons. The Kier molecular flexibility index (Phi) is 7.69. The molecule has 0 radical (unpaired) electrons. The molecule has 1 fully saturated rings. The zero-order valence-corrected chi connectivity index (χ0v) is 24.2. The van der Waals surface area contributed by atoms with Crippen molar-refractivity contribution >= 4 is 46.2 Å². The minimum atomic E-state index is -0.288. The molecule has 4 aromatic rings. The Labute approximate surface area is 243 Å². The first-order chi connectivity index (χ1) is 19.2. The van der Waals surface area contributed by atoms with E-state index in [-0.39, 0.29) is 23.7 Å². The fraction of sp³-hybridized carbons (Fsp3) is 0.233. The van der Waals surface area contributed by atoms with Gasteiger partial charge in [-0.1, -0.05) is 24.6 Å². The maximum atomic E-state index is 12.1. The molecular formula is C30H30ClN5O3S. The van der Waals surface area contributed by atoms with Crippen LogP contribution < -0.4 is 20.3 Å². The van der Waals surface area contributed by atoms with Crippen LogP contribution in [-0.4, -0.2) is 32.8 Å². The predicted octanol–water partition coefficient (Wildman–Crippen LogP) is 6.38. The Hall–Kier alpha value is -4.08. The average molecular weight is 576 g/mol. The van der Waals surface area contributed by atoms with Crippen LogP contribution in [0.5, 0.6) is 11.5 Å². The van der Waals surface area contributed by atoms with Gasteiger partial charge in [-0.15, -0.1) is 0 Å². The van der Waals surface area contributed by atoms with Gasteiger partial charge in [-0.3, -0.25) is 9.78 Å². The fourth-order valence-electron chi connectivity index (χ4n) is 5.25. The highest BCUT2D eigenvalue weighted by Gasteiger charge is 2.42. The number of amides is 1. The van der Waals surface area contributed by atoms with Gasteiger partial charge < -0.3 is 29.9 Å². The molecule has 1 amide bonds. The van der Waals surface area contributed by atoms with E-state index in [0.717, 1.165) is 28.3 Å². The molecule has 0 aliphatic carbocycles. The molecule has 1 saturated heterocycles. The largest absolute Gasteiger partial charge is 0.506 e. The number of benzene rings is 2. The average Bonchev–Trinajstić information content (AvgIpc) is 3.45. The summed E-state index contributed by atoms with van der Waals surface area (Å²) in [6, 6.07) is 18.0. The van der Waals surface area contributed by atoms with E-state index in [2.05, 4.69) is 21.7 Å². The number of pyridine rings is 1. The quantitative estimate of drug-likeness (QED) is 0.220. The van der Waals surface area contributed by atoms with E-state index in [1.165, 1.54) is 0 Å². The third kappa shape index (κ3) is 4.98. The lowest BCUT2D eigenvalue weighted by Crippen LogP contribution is -2.29. The summed E-state index contributed by atoms with van der Waals surface area (Å²) in [5.74, 6) is 0.552. The minimum Gasteiger partial charge on any atom is -0.506 e. The van der Waals surface area contributed by atoms with E-state index in [1.54, 1.807) is 38.4 Å². The molecule has 2 aromatic carbocycles. The van der Waals surface area contributed by atoms with Gasteiger partial charge >= 0.3 is 0 Å². The van der Waals surface area contributed by atoms with Crippen LogP contribution in [0.1, 0.15) is 48.1 Å². The van der Waals surface area contributed by atoms with Gasteiger partial charge in [0, 0.05) is 40.8 Å². The molecule has 0 unspecified atom stereocenters. The number of methoxy groups -OCH3 is 1. The number of anilines is 2. The van der Waals surface area contributed by atoms with Gasteiger partial charge in [0.1, 0.15) is 11.5 Å². The lowest BCUT2D eigenvalue weighted by molar-refractivity contribution is -0.115. The lowest BCUT2D eigenvalue weighted by atomic mass is 9.96. The Morgan fingerprint density at radius 3 is 2.67 bits per heavy atom. The molecule has 0 bridgehead atoms. The van der Waals surface area contributed by atoms with Crippen LogP contribution in [0.25, 0.3) is 5.69 Å². The normalized spacial score (nSPS) is 16.6. The Balaban J connectivity index is 1.66. The molecule has 3 heterocycles. The van der Waals surface area contributed by atoms with E-state index in [4.69, 9.17) is 28.6 Å². The predicted molar refractivity (Wildman–Crippen MR) is 162 cm³/mol. The van der Waals surface area contributed by atoms with E-state index in [1.807, 2.05) is 59.7 Å². The van der Waals surface area contributed by atoms with Crippen molar-refractivity contribution < 1.29 is 14.6 Å². The topological polar surface area (TPSA) is 91.7 Å². The Morgan fingerprint density at radius 2 is 1.98 bits per heavy atom. The first kappa shape index (κ1) is 27.5. The summed E-state index contributed by atoms with van der Waals surface area (Å²) in [7, 11) is 1.57. The van der Waals surface area contributed by atoms with Crippen LogP contribution in [-0.2, 0) is 4.79 Å². The van der Waals surface area contributed by atoms with Gasteiger partial charge in [-0.2, -0.15) is 0 Å². The number of thiocarbonyl (C=S) groups is 1. The standard InChI is InChI=1S/C30H30ClN5O3S/c1-5-27(38)33-22-11-10-20(16-26(22)39-4)36-29(28(34-30(36)40)23-8-6-7-13-32-23)21-14-17(2)35(18(21)3)24-15-19(31)9-12-25(24)37/h6-16,28-29,37H,5H2,1-4H3,(H,33,38)(H,34,40)/t28-,29+/m0/s1. The SMILES string of the molecule is CCC(=O)Nc1ccc(N2C(=S)N[C@@H](c3ccccn3)[C@H]2c2cc(C)n(-c3cc(Cl)ccc3O)c2C)cc1OC. The van der Waals surface area contributed by atoms with Crippen LogP contribution in [0.4, 0.5) is 11.4 Å². The van der Waals surface area contributed by atoms with Gasteiger partial charge in [0.2, 0.25) is 5.91 Å². The zero-order chi connectivity index (χ0) is 28.6. The zero-order valence-electron chi connectivity index (χ0n) is 22.6. The molecule has 8 nitrogen and oxygen atoms in total. The molecule has 2 aromatic heterocycles. The van der Waals surface area contributed by atoms with Gasteiger partial charge in [-0.25, -0.2) is 0 Å². The molecule has 1 aliphatic rings. The van der Waals surface area contributed by atoms with Gasteiger partial charge in [0.15, 0.2) is 5.11 Å². The summed E-state index contributed by atoms with van der Waals surface area (Å²) in [4.78, 5) is 18.8. The van der Waals surface area contributed by atoms with E-state index in [9.17, 15) is 9.90 Å².